The van der Waals surface area contributed by atoms with E-state index in [0.717, 1.165) is 0 Å². The quantitative estimate of drug-likeness (QED) is 0.536. The third-order valence-electron chi connectivity index (χ3n) is 2.45. The third-order valence-corrected chi connectivity index (χ3v) is 3.12. The number of phenolic OH excluding ortho intramolecular Hbond substituents is 1. The molecule has 20 heavy (non-hydrogen) atoms. The van der Waals surface area contributed by atoms with Crippen LogP contribution >= 0.6 is 22.6 Å². The number of hydrogen-bond donors (Lipinski definition) is 4. The van der Waals surface area contributed by atoms with Crippen molar-refractivity contribution in [2.75, 3.05) is 0 Å². The smallest absolute Gasteiger partial charge is 0.326 e. The molecule has 108 valence electrons. The van der Waals surface area contributed by atoms with E-state index in [9.17, 15) is 19.5 Å². The first kappa shape index (κ1) is 16.2. The number of aromatic hydroxyl groups is 1. The van der Waals surface area contributed by atoms with Crippen LogP contribution in [0.3, 0.4) is 0 Å². The predicted molar refractivity (Wildman–Crippen MR) is 76.6 cm³/mol. The fourth-order valence-electron chi connectivity index (χ4n) is 1.45. The van der Waals surface area contributed by atoms with Gasteiger partial charge in [0, 0.05) is 9.99 Å². The lowest BCUT2D eigenvalue weighted by Crippen LogP contribution is -2.41. The van der Waals surface area contributed by atoms with Crippen LogP contribution in [-0.4, -0.2) is 39.2 Å². The van der Waals surface area contributed by atoms with Crippen molar-refractivity contribution >= 4 is 40.4 Å². The number of halogens is 1. The SMILES string of the molecule is O=C(O)CC[C@H](NC(=O)c1cc(I)ccc1O)C(=O)O. The zero-order valence-corrected chi connectivity index (χ0v) is 12.3. The van der Waals surface area contributed by atoms with Gasteiger partial charge in [0.1, 0.15) is 11.8 Å². The van der Waals surface area contributed by atoms with Crippen LogP contribution in [0.1, 0.15) is 23.2 Å². The van der Waals surface area contributed by atoms with Crippen molar-refractivity contribution < 1.29 is 29.7 Å². The maximum atomic E-state index is 11.9. The Hall–Kier alpha value is -1.84. The van der Waals surface area contributed by atoms with Crippen LogP contribution in [0.15, 0.2) is 18.2 Å². The Morgan fingerprint density at radius 2 is 1.90 bits per heavy atom. The van der Waals surface area contributed by atoms with Crippen molar-refractivity contribution in [2.45, 2.75) is 18.9 Å². The van der Waals surface area contributed by atoms with Crippen molar-refractivity contribution in [2.24, 2.45) is 0 Å². The lowest BCUT2D eigenvalue weighted by molar-refractivity contribution is -0.140. The molecule has 7 nitrogen and oxygen atoms in total. The molecule has 0 radical (unpaired) electrons. The summed E-state index contributed by atoms with van der Waals surface area (Å²) < 4.78 is 0.697. The van der Waals surface area contributed by atoms with Gasteiger partial charge in [0.25, 0.3) is 5.91 Å². The fraction of sp³-hybridized carbons (Fsp3) is 0.250. The topological polar surface area (TPSA) is 124 Å². The van der Waals surface area contributed by atoms with Crippen LogP contribution in [-0.2, 0) is 9.59 Å². The number of phenols is 1. The number of carboxylic acids is 2. The molecule has 4 N–H and O–H groups in total. The van der Waals surface area contributed by atoms with E-state index >= 15 is 0 Å². The van der Waals surface area contributed by atoms with Gasteiger partial charge in [-0.15, -0.1) is 0 Å². The molecule has 0 fully saturated rings. The Labute approximate surface area is 127 Å². The minimum Gasteiger partial charge on any atom is -0.507 e. The van der Waals surface area contributed by atoms with Crippen molar-refractivity contribution in [3.8, 4) is 5.75 Å². The summed E-state index contributed by atoms with van der Waals surface area (Å²) >= 11 is 1.94. The van der Waals surface area contributed by atoms with Gasteiger partial charge in [0.2, 0.25) is 0 Å². The van der Waals surface area contributed by atoms with Gasteiger partial charge in [-0.3, -0.25) is 9.59 Å². The predicted octanol–water partition coefficient (Wildman–Crippen LogP) is 1.04. The maximum Gasteiger partial charge on any atom is 0.326 e. The van der Waals surface area contributed by atoms with E-state index in [2.05, 4.69) is 5.32 Å². The molecule has 1 amide bonds. The summed E-state index contributed by atoms with van der Waals surface area (Å²) in [5, 5.41) is 29.2. The third kappa shape index (κ3) is 4.68. The first-order chi connectivity index (χ1) is 9.31. The highest BCUT2D eigenvalue weighted by atomic mass is 127. The minimum atomic E-state index is -1.33. The van der Waals surface area contributed by atoms with Crippen LogP contribution in [0, 0.1) is 3.57 Å². The fourth-order valence-corrected chi connectivity index (χ4v) is 1.94. The van der Waals surface area contributed by atoms with Crippen molar-refractivity contribution in [3.63, 3.8) is 0 Å². The molecule has 8 heteroatoms. The standard InChI is InChI=1S/C12H12INO6/c13-6-1-3-9(15)7(5-6)11(18)14-8(12(19)20)2-4-10(16)17/h1,3,5,8,15H,2,4H2,(H,14,18)(H,16,17)(H,19,20)/t8-/m0/s1. The van der Waals surface area contributed by atoms with Crippen LogP contribution in [0.25, 0.3) is 0 Å². The van der Waals surface area contributed by atoms with E-state index in [1.807, 2.05) is 22.6 Å². The Morgan fingerprint density at radius 3 is 2.45 bits per heavy atom. The van der Waals surface area contributed by atoms with Crippen molar-refractivity contribution in [1.29, 1.82) is 0 Å². The van der Waals surface area contributed by atoms with E-state index in [-0.39, 0.29) is 24.2 Å². The molecule has 1 atom stereocenters. The van der Waals surface area contributed by atoms with Crippen LogP contribution in [0.2, 0.25) is 0 Å². The Morgan fingerprint density at radius 1 is 1.25 bits per heavy atom. The zero-order chi connectivity index (χ0) is 15.3. The number of carboxylic acid groups (broad SMARTS) is 2. The molecule has 0 saturated carbocycles. The minimum absolute atomic E-state index is 0.0570. The summed E-state index contributed by atoms with van der Waals surface area (Å²) in [5.41, 5.74) is -0.0570. The summed E-state index contributed by atoms with van der Waals surface area (Å²) in [6.07, 6.45) is -0.614. The first-order valence-electron chi connectivity index (χ1n) is 5.55. The second kappa shape index (κ2) is 7.08. The highest BCUT2D eigenvalue weighted by Crippen LogP contribution is 2.19. The molecule has 0 aliphatic heterocycles. The van der Waals surface area contributed by atoms with Gasteiger partial charge in [-0.1, -0.05) is 0 Å². The number of rotatable bonds is 6. The normalized spacial score (nSPS) is 11.7. The average molecular weight is 393 g/mol. The lowest BCUT2D eigenvalue weighted by atomic mass is 10.1. The van der Waals surface area contributed by atoms with E-state index in [1.165, 1.54) is 12.1 Å². The monoisotopic (exact) mass is 393 g/mol. The molecule has 1 aromatic carbocycles. The number of hydrogen-bond acceptors (Lipinski definition) is 4. The van der Waals surface area contributed by atoms with E-state index in [0.29, 0.717) is 3.57 Å². The molecule has 0 aliphatic carbocycles. The summed E-state index contributed by atoms with van der Waals surface area (Å²) in [4.78, 5) is 33.3. The number of nitrogens with one attached hydrogen (secondary N) is 1. The summed E-state index contributed by atoms with van der Waals surface area (Å²) in [6.45, 7) is 0. The van der Waals surface area contributed by atoms with Crippen LogP contribution in [0.5, 0.6) is 5.75 Å². The molecule has 0 unspecified atom stereocenters. The Bertz CT molecular complexity index is 545. The molecule has 0 saturated heterocycles. The largest absolute Gasteiger partial charge is 0.507 e. The summed E-state index contributed by atoms with van der Waals surface area (Å²) in [5.74, 6) is -3.52. The van der Waals surface area contributed by atoms with Gasteiger partial charge in [-0.2, -0.15) is 0 Å². The number of carbonyl (C=O) groups excluding carboxylic acids is 1. The second-order valence-electron chi connectivity index (χ2n) is 3.96. The van der Waals surface area contributed by atoms with E-state index in [4.69, 9.17) is 10.2 Å². The van der Waals surface area contributed by atoms with Gasteiger partial charge in [-0.05, 0) is 47.2 Å². The highest BCUT2D eigenvalue weighted by molar-refractivity contribution is 14.1. The molecule has 0 bridgehead atoms. The van der Waals surface area contributed by atoms with Gasteiger partial charge in [0.15, 0.2) is 0 Å². The van der Waals surface area contributed by atoms with Gasteiger partial charge in [0.05, 0.1) is 5.56 Å². The van der Waals surface area contributed by atoms with Gasteiger partial charge >= 0.3 is 11.9 Å². The number of benzene rings is 1. The molecule has 0 spiro atoms. The number of aliphatic carboxylic acids is 2. The molecule has 0 heterocycles. The molecule has 1 aromatic rings. The summed E-state index contributed by atoms with van der Waals surface area (Å²) in [7, 11) is 0. The highest BCUT2D eigenvalue weighted by Gasteiger charge is 2.23. The Kier molecular flexibility index (Phi) is 5.74. The first-order valence-corrected chi connectivity index (χ1v) is 6.63. The second-order valence-corrected chi connectivity index (χ2v) is 5.20. The average Bonchev–Trinajstić information content (AvgIpc) is 2.36. The maximum absolute atomic E-state index is 11.9. The van der Waals surface area contributed by atoms with E-state index < -0.39 is 23.9 Å². The van der Waals surface area contributed by atoms with Crippen molar-refractivity contribution in [3.05, 3.63) is 27.3 Å². The van der Waals surface area contributed by atoms with Crippen molar-refractivity contribution in [1.82, 2.24) is 5.32 Å². The molecule has 0 aliphatic rings. The van der Waals surface area contributed by atoms with Gasteiger partial charge in [-0.25, -0.2) is 4.79 Å². The van der Waals surface area contributed by atoms with E-state index in [1.54, 1.807) is 6.07 Å². The zero-order valence-electron chi connectivity index (χ0n) is 10.2. The Balaban J connectivity index is 2.82. The number of amides is 1. The molecule has 1 rings (SSSR count). The lowest BCUT2D eigenvalue weighted by Gasteiger charge is -2.14. The molecular weight excluding hydrogens is 381 g/mol. The van der Waals surface area contributed by atoms with Crippen LogP contribution < -0.4 is 5.32 Å². The molecular formula is C12H12INO6. The van der Waals surface area contributed by atoms with Crippen LogP contribution in [0.4, 0.5) is 0 Å². The van der Waals surface area contributed by atoms with Gasteiger partial charge < -0.3 is 20.6 Å². The summed E-state index contributed by atoms with van der Waals surface area (Å²) in [6, 6.07) is 2.99. The molecule has 0 aromatic heterocycles. The number of carbonyl (C=O) groups is 3.